The fourth-order valence-electron chi connectivity index (χ4n) is 8.27. The molecule has 8 unspecified atom stereocenters. The van der Waals surface area contributed by atoms with Crippen LogP contribution in [0.3, 0.4) is 0 Å². The van der Waals surface area contributed by atoms with Gasteiger partial charge in [-0.1, -0.05) is 19.0 Å². The van der Waals surface area contributed by atoms with Gasteiger partial charge in [0.05, 0.1) is 5.54 Å². The van der Waals surface area contributed by atoms with E-state index in [1.807, 2.05) is 0 Å². The predicted octanol–water partition coefficient (Wildman–Crippen LogP) is 4.54. The Kier molecular flexibility index (Phi) is 1.64. The molecular weight excluding hydrogens is 234 g/mol. The number of rotatable bonds is 1. The average molecular weight is 257 g/mol. The van der Waals surface area contributed by atoms with E-state index >= 15 is 0 Å². The first-order valence-electron chi connectivity index (χ1n) is 8.10. The summed E-state index contributed by atoms with van der Waals surface area (Å²) < 4.78 is 0. The summed E-state index contributed by atoms with van der Waals surface area (Å²) in [5.41, 5.74) is 10.0. The predicted molar refractivity (Wildman–Crippen MR) is 73.2 cm³/mol. The zero-order valence-electron chi connectivity index (χ0n) is 12.0. The van der Waals surface area contributed by atoms with Crippen LogP contribution in [-0.2, 0) is 0 Å². The third-order valence-corrected chi connectivity index (χ3v) is 8.52. The van der Waals surface area contributed by atoms with Gasteiger partial charge < -0.3 is 0 Å². The van der Waals surface area contributed by atoms with Crippen LogP contribution in [0.25, 0.3) is 10.4 Å². The maximum absolute atomic E-state index is 9.22. The van der Waals surface area contributed by atoms with Gasteiger partial charge in [-0.25, -0.2) is 0 Å². The van der Waals surface area contributed by atoms with Crippen LogP contribution >= 0.6 is 0 Å². The van der Waals surface area contributed by atoms with Crippen LogP contribution in [0.5, 0.6) is 0 Å². The largest absolute Gasteiger partial charge is 0.0864 e. The molecule has 0 aromatic rings. The van der Waals surface area contributed by atoms with Gasteiger partial charge in [-0.2, -0.15) is 0 Å². The van der Waals surface area contributed by atoms with Crippen molar-refractivity contribution in [1.29, 1.82) is 0 Å². The van der Waals surface area contributed by atoms with Gasteiger partial charge in [0.25, 0.3) is 0 Å². The zero-order chi connectivity index (χ0) is 13.0. The van der Waals surface area contributed by atoms with E-state index in [4.69, 9.17) is 0 Å². The van der Waals surface area contributed by atoms with Gasteiger partial charge in [0, 0.05) is 4.91 Å². The molecule has 8 bridgehead atoms. The minimum absolute atomic E-state index is 0.0181. The Balaban J connectivity index is 1.81. The molecule has 3 heteroatoms. The van der Waals surface area contributed by atoms with Crippen LogP contribution in [0.1, 0.15) is 52.4 Å². The highest BCUT2D eigenvalue weighted by Crippen LogP contribution is 2.81. The maximum atomic E-state index is 9.22. The minimum Gasteiger partial charge on any atom is -0.0864 e. The van der Waals surface area contributed by atoms with Crippen LogP contribution in [0.2, 0.25) is 0 Å². The highest BCUT2D eigenvalue weighted by atomic mass is 15.2. The molecule has 0 aliphatic heterocycles. The van der Waals surface area contributed by atoms with Crippen LogP contribution in [0, 0.1) is 40.4 Å². The summed E-state index contributed by atoms with van der Waals surface area (Å²) in [5.74, 6) is 4.25. The molecule has 0 N–H and O–H groups in total. The number of hydrogen-bond donors (Lipinski definition) is 0. The Labute approximate surface area is 114 Å². The van der Waals surface area contributed by atoms with Crippen LogP contribution in [0.4, 0.5) is 0 Å². The summed E-state index contributed by atoms with van der Waals surface area (Å²) in [4.78, 5) is 3.35. The Morgan fingerprint density at radius 2 is 1.79 bits per heavy atom. The van der Waals surface area contributed by atoms with Gasteiger partial charge in [0.15, 0.2) is 0 Å². The first kappa shape index (κ1) is 11.0. The fraction of sp³-hybridized carbons (Fsp3) is 1.00. The van der Waals surface area contributed by atoms with E-state index in [0.29, 0.717) is 16.7 Å². The molecular formula is C16H23N3. The summed E-state index contributed by atoms with van der Waals surface area (Å²) in [7, 11) is 0. The number of nitrogens with zero attached hydrogens (tertiary/aromatic N) is 3. The van der Waals surface area contributed by atoms with E-state index in [-0.39, 0.29) is 5.54 Å². The van der Waals surface area contributed by atoms with Crippen molar-refractivity contribution in [2.45, 2.75) is 57.9 Å². The van der Waals surface area contributed by atoms with Gasteiger partial charge in [0.1, 0.15) is 0 Å². The SMILES string of the molecule is CC12CC3CC4C1CC1CC2C(N=[N+]=[N-])(C3)C4(C)C1. The quantitative estimate of drug-likeness (QED) is 0.376. The van der Waals surface area contributed by atoms with Crippen molar-refractivity contribution in [2.24, 2.45) is 45.5 Å². The molecule has 8 atom stereocenters. The topological polar surface area (TPSA) is 48.8 Å². The van der Waals surface area contributed by atoms with E-state index in [0.717, 1.165) is 23.7 Å². The molecule has 0 aromatic heterocycles. The normalized spacial score (nSPS) is 67.4. The number of hydrogen-bond acceptors (Lipinski definition) is 1. The smallest absolute Gasteiger partial charge is 0.0580 e. The van der Waals surface area contributed by atoms with Crippen molar-refractivity contribution in [3.63, 3.8) is 0 Å². The van der Waals surface area contributed by atoms with Crippen LogP contribution < -0.4 is 0 Å². The van der Waals surface area contributed by atoms with Gasteiger partial charge in [-0.3, -0.25) is 0 Å². The minimum atomic E-state index is -0.0181. The van der Waals surface area contributed by atoms with Gasteiger partial charge in [-0.05, 0) is 84.5 Å². The molecule has 7 aliphatic carbocycles. The highest BCUT2D eigenvalue weighted by Gasteiger charge is 2.77. The average Bonchev–Trinajstić information content (AvgIpc) is 2.36. The highest BCUT2D eigenvalue weighted by molar-refractivity contribution is 5.30. The lowest BCUT2D eigenvalue weighted by Crippen LogP contribution is -2.77. The fourth-order valence-corrected chi connectivity index (χ4v) is 8.27. The summed E-state index contributed by atoms with van der Waals surface area (Å²) in [5, 5.41) is 4.55. The molecule has 3 nitrogen and oxygen atoms in total. The first-order chi connectivity index (χ1) is 9.03. The lowest BCUT2D eigenvalue weighted by Gasteiger charge is -2.80. The molecule has 7 saturated carbocycles. The van der Waals surface area contributed by atoms with Crippen molar-refractivity contribution >= 4 is 0 Å². The molecule has 0 radical (unpaired) electrons. The molecule has 0 aromatic carbocycles. The Bertz CT molecular complexity index is 524. The summed E-state index contributed by atoms with van der Waals surface area (Å²) >= 11 is 0. The van der Waals surface area contributed by atoms with E-state index in [1.54, 1.807) is 0 Å². The summed E-state index contributed by atoms with van der Waals surface area (Å²) in [6, 6.07) is 0. The molecule has 0 spiro atoms. The van der Waals surface area contributed by atoms with E-state index in [9.17, 15) is 5.53 Å². The molecule has 7 rings (SSSR count). The van der Waals surface area contributed by atoms with Crippen molar-refractivity contribution in [1.82, 2.24) is 0 Å². The number of azide groups is 1. The standard InChI is InChI=1S/C16H23N3/c1-14-6-10-4-12-11(14)3-9-5-13(14)16(8-10,18-19-17)15(12,2)7-9/h9-13H,3-8H2,1-2H3. The van der Waals surface area contributed by atoms with E-state index in [1.165, 1.54) is 38.5 Å². The molecule has 7 aliphatic rings. The maximum Gasteiger partial charge on any atom is 0.0580 e. The molecule has 0 amide bonds. The Morgan fingerprint density at radius 3 is 2.58 bits per heavy atom. The van der Waals surface area contributed by atoms with Crippen LogP contribution in [0.15, 0.2) is 5.11 Å². The lowest BCUT2D eigenvalue weighted by molar-refractivity contribution is -0.295. The molecule has 19 heavy (non-hydrogen) atoms. The second kappa shape index (κ2) is 2.83. The molecule has 102 valence electrons. The summed E-state index contributed by atoms with van der Waals surface area (Å²) in [6.45, 7) is 5.03. The lowest BCUT2D eigenvalue weighted by atomic mass is 9.25. The van der Waals surface area contributed by atoms with Gasteiger partial charge in [0.2, 0.25) is 0 Å². The van der Waals surface area contributed by atoms with E-state index in [2.05, 4.69) is 23.9 Å². The zero-order valence-corrected chi connectivity index (χ0v) is 12.0. The molecule has 7 fully saturated rings. The monoisotopic (exact) mass is 257 g/mol. The van der Waals surface area contributed by atoms with Crippen molar-refractivity contribution in [3.05, 3.63) is 10.4 Å². The second-order valence-corrected chi connectivity index (χ2v) is 8.85. The van der Waals surface area contributed by atoms with Crippen LogP contribution in [-0.4, -0.2) is 5.54 Å². The third-order valence-electron chi connectivity index (χ3n) is 8.52. The van der Waals surface area contributed by atoms with Gasteiger partial charge in [-0.15, -0.1) is 0 Å². The van der Waals surface area contributed by atoms with Gasteiger partial charge >= 0.3 is 0 Å². The van der Waals surface area contributed by atoms with Crippen molar-refractivity contribution in [2.75, 3.05) is 0 Å². The van der Waals surface area contributed by atoms with E-state index < -0.39 is 0 Å². The summed E-state index contributed by atoms with van der Waals surface area (Å²) in [6.07, 6.45) is 8.22. The Morgan fingerprint density at radius 1 is 1.00 bits per heavy atom. The molecule has 0 heterocycles. The Hall–Kier alpha value is -0.690. The first-order valence-corrected chi connectivity index (χ1v) is 8.10. The third kappa shape index (κ3) is 0.896. The van der Waals surface area contributed by atoms with Crippen molar-refractivity contribution in [3.8, 4) is 0 Å². The van der Waals surface area contributed by atoms with Crippen molar-refractivity contribution < 1.29 is 0 Å². The molecule has 0 saturated heterocycles. The second-order valence-electron chi connectivity index (χ2n) is 8.85.